The summed E-state index contributed by atoms with van der Waals surface area (Å²) in [6.07, 6.45) is 2.67. The standard InChI is InChI=1S/C13H14ClN3O2/c1-8-6-9(13(18)19)3-5-17(8)12-11(14)10(7-15)2-4-16-12/h2,4,8-9H,3,5-6H2,1H3,(H,18,19). The minimum absolute atomic E-state index is 0.0359. The molecule has 2 unspecified atom stereocenters. The summed E-state index contributed by atoms with van der Waals surface area (Å²) in [5.41, 5.74) is 0.388. The van der Waals surface area contributed by atoms with E-state index in [1.807, 2.05) is 17.9 Å². The van der Waals surface area contributed by atoms with Gasteiger partial charge in [0.2, 0.25) is 0 Å². The highest BCUT2D eigenvalue weighted by Gasteiger charge is 2.31. The SMILES string of the molecule is CC1CC(C(=O)O)CCN1c1nccc(C#N)c1Cl. The number of carbonyl (C=O) groups is 1. The lowest BCUT2D eigenvalue weighted by atomic mass is 9.91. The second-order valence-corrected chi connectivity index (χ2v) is 5.09. The molecule has 0 radical (unpaired) electrons. The van der Waals surface area contributed by atoms with Crippen molar-refractivity contribution in [2.24, 2.45) is 5.92 Å². The molecule has 1 aromatic rings. The van der Waals surface area contributed by atoms with Crippen LogP contribution in [-0.4, -0.2) is 28.6 Å². The molecule has 0 aromatic carbocycles. The molecular weight excluding hydrogens is 266 g/mol. The Morgan fingerprint density at radius 3 is 3.00 bits per heavy atom. The van der Waals surface area contributed by atoms with E-state index in [-0.39, 0.29) is 12.0 Å². The number of halogens is 1. The number of carboxylic acid groups (broad SMARTS) is 1. The number of hydrogen-bond donors (Lipinski definition) is 1. The van der Waals surface area contributed by atoms with Gasteiger partial charge < -0.3 is 10.0 Å². The molecule has 6 heteroatoms. The van der Waals surface area contributed by atoms with Crippen molar-refractivity contribution in [3.8, 4) is 6.07 Å². The number of nitriles is 1. The Morgan fingerprint density at radius 2 is 2.42 bits per heavy atom. The predicted octanol–water partition coefficient (Wildman–Crippen LogP) is 2.30. The number of aliphatic carboxylic acids is 1. The molecule has 0 bridgehead atoms. The number of piperidine rings is 1. The van der Waals surface area contributed by atoms with Gasteiger partial charge in [-0.1, -0.05) is 11.6 Å². The van der Waals surface area contributed by atoms with Crippen LogP contribution in [0, 0.1) is 17.2 Å². The van der Waals surface area contributed by atoms with Crippen LogP contribution < -0.4 is 4.90 Å². The Morgan fingerprint density at radius 1 is 1.68 bits per heavy atom. The van der Waals surface area contributed by atoms with Crippen LogP contribution in [0.4, 0.5) is 5.82 Å². The normalized spacial score (nSPS) is 22.9. The number of pyridine rings is 1. The third-order valence-electron chi connectivity index (χ3n) is 3.49. The highest BCUT2D eigenvalue weighted by atomic mass is 35.5. The molecule has 2 rings (SSSR count). The van der Waals surface area contributed by atoms with Crippen molar-refractivity contribution >= 4 is 23.4 Å². The van der Waals surface area contributed by atoms with Gasteiger partial charge in [0, 0.05) is 18.8 Å². The van der Waals surface area contributed by atoms with Crippen molar-refractivity contribution in [3.63, 3.8) is 0 Å². The maximum Gasteiger partial charge on any atom is 0.306 e. The van der Waals surface area contributed by atoms with E-state index in [0.29, 0.717) is 35.8 Å². The van der Waals surface area contributed by atoms with E-state index in [2.05, 4.69) is 4.98 Å². The molecule has 0 spiro atoms. The molecule has 2 atom stereocenters. The molecule has 19 heavy (non-hydrogen) atoms. The zero-order valence-corrected chi connectivity index (χ0v) is 11.3. The molecule has 1 aromatic heterocycles. The molecule has 1 N–H and O–H groups in total. The zero-order chi connectivity index (χ0) is 14.0. The van der Waals surface area contributed by atoms with Crippen molar-refractivity contribution in [2.75, 3.05) is 11.4 Å². The van der Waals surface area contributed by atoms with E-state index < -0.39 is 5.97 Å². The second-order valence-electron chi connectivity index (χ2n) is 4.71. The first-order valence-corrected chi connectivity index (χ1v) is 6.46. The highest BCUT2D eigenvalue weighted by Crippen LogP contribution is 2.32. The first kappa shape index (κ1) is 13.6. The minimum atomic E-state index is -0.753. The summed E-state index contributed by atoms with van der Waals surface area (Å²) in [5.74, 6) is -0.502. The molecule has 2 heterocycles. The summed E-state index contributed by atoms with van der Waals surface area (Å²) in [5, 5.41) is 18.3. The van der Waals surface area contributed by atoms with Gasteiger partial charge in [0.1, 0.15) is 16.9 Å². The van der Waals surface area contributed by atoms with Crippen LogP contribution in [0.25, 0.3) is 0 Å². The number of nitrogens with zero attached hydrogens (tertiary/aromatic N) is 3. The van der Waals surface area contributed by atoms with Gasteiger partial charge in [-0.05, 0) is 25.8 Å². The Labute approximate surface area is 116 Å². The van der Waals surface area contributed by atoms with Gasteiger partial charge in [-0.25, -0.2) is 4.98 Å². The molecule has 1 aliphatic heterocycles. The fourth-order valence-corrected chi connectivity index (χ4v) is 2.69. The molecule has 0 aliphatic carbocycles. The number of anilines is 1. The third kappa shape index (κ3) is 2.64. The van der Waals surface area contributed by atoms with Crippen LogP contribution in [0.3, 0.4) is 0 Å². The Kier molecular flexibility index (Phi) is 3.91. The van der Waals surface area contributed by atoms with Crippen molar-refractivity contribution in [1.29, 1.82) is 5.26 Å². The lowest BCUT2D eigenvalue weighted by molar-refractivity contribution is -0.142. The Bertz CT molecular complexity index is 541. The van der Waals surface area contributed by atoms with Crippen molar-refractivity contribution < 1.29 is 9.90 Å². The molecule has 1 fully saturated rings. The first-order chi connectivity index (χ1) is 9.04. The highest BCUT2D eigenvalue weighted by molar-refractivity contribution is 6.34. The third-order valence-corrected chi connectivity index (χ3v) is 3.86. The molecular formula is C13H14ClN3O2. The lowest BCUT2D eigenvalue weighted by Crippen LogP contribution is -2.43. The summed E-state index contributed by atoms with van der Waals surface area (Å²) in [4.78, 5) is 17.2. The molecule has 1 aliphatic rings. The first-order valence-electron chi connectivity index (χ1n) is 6.08. The number of rotatable bonds is 2. The zero-order valence-electron chi connectivity index (χ0n) is 10.5. The number of hydrogen-bond acceptors (Lipinski definition) is 4. The van der Waals surface area contributed by atoms with Crippen LogP contribution in [0.15, 0.2) is 12.3 Å². The minimum Gasteiger partial charge on any atom is -0.481 e. The summed E-state index contributed by atoms with van der Waals surface area (Å²) in [6.45, 7) is 2.53. The van der Waals surface area contributed by atoms with E-state index in [1.165, 1.54) is 0 Å². The van der Waals surface area contributed by atoms with Gasteiger partial charge in [-0.2, -0.15) is 5.26 Å². The van der Waals surface area contributed by atoms with E-state index in [9.17, 15) is 4.79 Å². The van der Waals surface area contributed by atoms with Gasteiger partial charge in [0.25, 0.3) is 0 Å². The molecule has 1 saturated heterocycles. The van der Waals surface area contributed by atoms with E-state index >= 15 is 0 Å². The topological polar surface area (TPSA) is 77.2 Å². The lowest BCUT2D eigenvalue weighted by Gasteiger charge is -2.37. The van der Waals surface area contributed by atoms with Crippen LogP contribution in [0.1, 0.15) is 25.3 Å². The van der Waals surface area contributed by atoms with Gasteiger partial charge in [0.15, 0.2) is 0 Å². The van der Waals surface area contributed by atoms with Crippen molar-refractivity contribution in [3.05, 3.63) is 22.8 Å². The summed E-state index contributed by atoms with van der Waals surface area (Å²) in [7, 11) is 0. The maximum absolute atomic E-state index is 11.0. The van der Waals surface area contributed by atoms with Crippen LogP contribution in [0.2, 0.25) is 5.02 Å². The van der Waals surface area contributed by atoms with E-state index in [1.54, 1.807) is 12.3 Å². The predicted molar refractivity (Wildman–Crippen MR) is 71.1 cm³/mol. The number of carboxylic acids is 1. The molecule has 5 nitrogen and oxygen atoms in total. The average Bonchev–Trinajstić information content (AvgIpc) is 2.39. The van der Waals surface area contributed by atoms with Crippen molar-refractivity contribution in [1.82, 2.24) is 4.98 Å². The summed E-state index contributed by atoms with van der Waals surface area (Å²) >= 11 is 6.16. The molecule has 100 valence electrons. The fraction of sp³-hybridized carbons (Fsp3) is 0.462. The summed E-state index contributed by atoms with van der Waals surface area (Å²) in [6, 6.07) is 3.63. The molecule has 0 saturated carbocycles. The van der Waals surface area contributed by atoms with Gasteiger partial charge in [0.05, 0.1) is 11.5 Å². The maximum atomic E-state index is 11.0. The average molecular weight is 280 g/mol. The van der Waals surface area contributed by atoms with Gasteiger partial charge >= 0.3 is 5.97 Å². The largest absolute Gasteiger partial charge is 0.481 e. The summed E-state index contributed by atoms with van der Waals surface area (Å²) < 4.78 is 0. The van der Waals surface area contributed by atoms with Crippen LogP contribution in [0.5, 0.6) is 0 Å². The quantitative estimate of drug-likeness (QED) is 0.899. The smallest absolute Gasteiger partial charge is 0.306 e. The Hall–Kier alpha value is -1.80. The fourth-order valence-electron chi connectivity index (χ4n) is 2.43. The van der Waals surface area contributed by atoms with Crippen LogP contribution >= 0.6 is 11.6 Å². The van der Waals surface area contributed by atoms with E-state index in [0.717, 1.165) is 0 Å². The van der Waals surface area contributed by atoms with Crippen LogP contribution in [-0.2, 0) is 4.79 Å². The Balaban J connectivity index is 2.25. The monoisotopic (exact) mass is 279 g/mol. The number of aromatic nitrogens is 1. The van der Waals surface area contributed by atoms with Gasteiger partial charge in [-0.15, -0.1) is 0 Å². The van der Waals surface area contributed by atoms with Crippen molar-refractivity contribution in [2.45, 2.75) is 25.8 Å². The van der Waals surface area contributed by atoms with E-state index in [4.69, 9.17) is 22.0 Å². The molecule has 0 amide bonds. The second kappa shape index (κ2) is 5.45. The van der Waals surface area contributed by atoms with Gasteiger partial charge in [-0.3, -0.25) is 4.79 Å².